The summed E-state index contributed by atoms with van der Waals surface area (Å²) in [6.07, 6.45) is 0. The molecule has 7 heteroatoms. The Morgan fingerprint density at radius 3 is 1.14 bits per heavy atom. The van der Waals surface area contributed by atoms with Crippen molar-refractivity contribution in [3.63, 3.8) is 0 Å². The van der Waals surface area contributed by atoms with Crippen LogP contribution in [0.25, 0.3) is 0 Å². The van der Waals surface area contributed by atoms with Crippen LogP contribution in [0.2, 0.25) is 0 Å². The molecule has 0 heterocycles. The van der Waals surface area contributed by atoms with Gasteiger partial charge in [0.15, 0.2) is 0 Å². The monoisotopic (exact) mass is 502 g/mol. The zero-order chi connectivity index (χ0) is 5.70. The molecule has 0 aromatic carbocycles. The van der Waals surface area contributed by atoms with Gasteiger partial charge in [0.2, 0.25) is 0 Å². The molecule has 0 fully saturated rings. The van der Waals surface area contributed by atoms with Gasteiger partial charge in [0.05, 0.1) is 0 Å². The number of hydrogen-bond donors (Lipinski definition) is 0. The molecular weight excluding hydrogens is 496 g/mol. The molecule has 7 heavy (non-hydrogen) atoms. The maximum Gasteiger partial charge on any atom is 0.113 e. The summed E-state index contributed by atoms with van der Waals surface area (Å²) < 4.78 is 0. The topological polar surface area (TPSA) is 0 Å². The second kappa shape index (κ2) is 7.38. The van der Waals surface area contributed by atoms with Crippen LogP contribution in [0.1, 0.15) is 0 Å². The molecular formula is H6I3PSi3. The zero-order valence-electron chi connectivity index (χ0n) is 3.70. The van der Waals surface area contributed by atoms with Gasteiger partial charge in [-0.2, -0.15) is 0 Å². The molecule has 0 spiro atoms. The quantitative estimate of drug-likeness (QED) is 0.232. The van der Waals surface area contributed by atoms with E-state index in [2.05, 4.69) is 65.4 Å². The van der Waals surface area contributed by atoms with Crippen molar-refractivity contribution in [2.75, 3.05) is 0 Å². The average Bonchev–Trinajstić information content (AvgIpc) is 1.72. The third-order valence-electron chi connectivity index (χ3n) is 0.507. The summed E-state index contributed by atoms with van der Waals surface area (Å²) in [4.78, 5) is 0. The van der Waals surface area contributed by atoms with Crippen molar-refractivity contribution in [2.45, 2.75) is 0 Å². The molecule has 0 amide bonds. The predicted octanol–water partition coefficient (Wildman–Crippen LogP) is 0.770. The van der Waals surface area contributed by atoms with Gasteiger partial charge in [0.25, 0.3) is 0 Å². The fourth-order valence-corrected chi connectivity index (χ4v) is 116. The Labute approximate surface area is 90.2 Å². The minimum absolute atomic E-state index is 0.471. The third kappa shape index (κ3) is 5.70. The number of hydrogen-bond acceptors (Lipinski definition) is 0. The Morgan fingerprint density at radius 2 is 1.14 bits per heavy atom. The van der Waals surface area contributed by atoms with Crippen LogP contribution in [-0.2, 0) is 0 Å². The van der Waals surface area contributed by atoms with Crippen molar-refractivity contribution in [1.29, 1.82) is 0 Å². The fraction of sp³-hybridized carbons (Fsp3) is 0. The van der Waals surface area contributed by atoms with E-state index in [1.54, 1.807) is 0 Å². The molecule has 0 saturated carbocycles. The van der Waals surface area contributed by atoms with Crippen molar-refractivity contribution >= 4 is 92.0 Å². The van der Waals surface area contributed by atoms with Crippen molar-refractivity contribution in [3.8, 4) is 0 Å². The van der Waals surface area contributed by atoms with Crippen LogP contribution in [0.5, 0.6) is 0 Å². The predicted molar refractivity (Wildman–Crippen MR) is 74.6 cm³/mol. The highest BCUT2D eigenvalue weighted by Crippen LogP contribution is 2.34. The highest BCUT2D eigenvalue weighted by Gasteiger charge is 2.00. The first-order chi connectivity index (χ1) is 3.35. The lowest BCUT2D eigenvalue weighted by molar-refractivity contribution is 4.44. The standard InChI is InChI=1S/H6I3PSi3/c1-5-4(6-2)7-3/h5-7H2. The molecule has 0 N–H and O–H groups in total. The Kier molecular flexibility index (Phi) is 10.8. The molecule has 0 aliphatic heterocycles. The normalized spacial score (nSPS) is 19.3. The fourth-order valence-electron chi connectivity index (χ4n) is 0.0958. The molecule has 0 unspecified atom stereocenters. The molecule has 0 bridgehead atoms. The van der Waals surface area contributed by atoms with Crippen LogP contribution >= 0.6 is 72.0 Å². The van der Waals surface area contributed by atoms with Crippen LogP contribution in [0.3, 0.4) is 0 Å². The SMILES string of the molecule is I[SiH2]P([SiH2]I)[SiH2]I. The van der Waals surface area contributed by atoms with E-state index >= 15 is 0 Å². The van der Waals surface area contributed by atoms with Gasteiger partial charge in [-0.3, -0.25) is 0 Å². The zero-order valence-corrected chi connectivity index (χ0v) is 15.3. The van der Waals surface area contributed by atoms with E-state index in [4.69, 9.17) is 0 Å². The molecule has 0 aliphatic carbocycles. The van der Waals surface area contributed by atoms with Gasteiger partial charge >= 0.3 is 0 Å². The van der Waals surface area contributed by atoms with E-state index in [9.17, 15) is 0 Å². The lowest BCUT2D eigenvalue weighted by Crippen LogP contribution is -1.85. The highest BCUT2D eigenvalue weighted by molar-refractivity contribution is 14.1. The van der Waals surface area contributed by atoms with Crippen LogP contribution < -0.4 is 0 Å². The van der Waals surface area contributed by atoms with E-state index in [-0.39, 0.29) is 0 Å². The molecule has 0 aromatic heterocycles. The van der Waals surface area contributed by atoms with Crippen LogP contribution in [0, 0.1) is 0 Å². The molecule has 0 aromatic rings. The Balaban J connectivity index is 2.99. The van der Waals surface area contributed by atoms with E-state index in [1.807, 2.05) is 0 Å². The van der Waals surface area contributed by atoms with Crippen LogP contribution in [0.15, 0.2) is 0 Å². The lowest BCUT2D eigenvalue weighted by atomic mass is 27.3. The van der Waals surface area contributed by atoms with E-state index < -0.39 is 0 Å². The second-order valence-electron chi connectivity index (χ2n) is 1.03. The molecule has 44 valence electrons. The van der Waals surface area contributed by atoms with E-state index in [0.717, 1.165) is 6.57 Å². The first-order valence-corrected chi connectivity index (χ1v) is 24.7. The highest BCUT2D eigenvalue weighted by atomic mass is 127. The van der Waals surface area contributed by atoms with Crippen molar-refractivity contribution < 1.29 is 0 Å². The molecule has 0 aliphatic rings. The summed E-state index contributed by atoms with van der Waals surface area (Å²) in [6.45, 7) is 2.24. The van der Waals surface area contributed by atoms with Gasteiger partial charge in [-0.15, -0.1) is 72.0 Å². The second-order valence-corrected chi connectivity index (χ2v) is 39.8. The Morgan fingerprint density at radius 1 is 0.857 bits per heavy atom. The van der Waals surface area contributed by atoms with Gasteiger partial charge in [-0.25, -0.2) is 0 Å². The minimum atomic E-state index is 0.471. The molecule has 0 rings (SSSR count). The van der Waals surface area contributed by atoms with Crippen molar-refractivity contribution in [2.24, 2.45) is 0 Å². The summed E-state index contributed by atoms with van der Waals surface area (Å²) in [5, 5.41) is 0. The van der Waals surface area contributed by atoms with E-state index in [0.29, 0.717) is 20.1 Å². The Hall–Kier alpha value is 3.27. The average molecular weight is 502 g/mol. The number of rotatable bonds is 3. The van der Waals surface area contributed by atoms with E-state index in [1.165, 1.54) is 0 Å². The van der Waals surface area contributed by atoms with Gasteiger partial charge in [0, 0.05) is 0 Å². The summed E-state index contributed by atoms with van der Waals surface area (Å²) in [5.41, 5.74) is 0. The summed E-state index contributed by atoms with van der Waals surface area (Å²) in [5.74, 6) is 0. The first-order valence-electron chi connectivity index (χ1n) is 1.75. The molecule has 0 nitrogen and oxygen atoms in total. The smallest absolute Gasteiger partial charge is 0.113 e. The van der Waals surface area contributed by atoms with Gasteiger partial charge in [-0.1, -0.05) is 0 Å². The summed E-state index contributed by atoms with van der Waals surface area (Å²) in [6, 6.07) is 0. The van der Waals surface area contributed by atoms with Gasteiger partial charge in [0.1, 0.15) is 20.1 Å². The molecule has 0 radical (unpaired) electrons. The largest absolute Gasteiger partial charge is 0.127 e. The number of halogens is 3. The van der Waals surface area contributed by atoms with Crippen molar-refractivity contribution in [1.82, 2.24) is 0 Å². The van der Waals surface area contributed by atoms with Crippen LogP contribution in [0.4, 0.5) is 0 Å². The Bertz CT molecular complexity index is 31.7. The maximum atomic E-state index is 2.68. The maximum absolute atomic E-state index is 2.68. The molecule has 0 atom stereocenters. The first kappa shape index (κ1) is 10.3. The van der Waals surface area contributed by atoms with Crippen molar-refractivity contribution in [3.05, 3.63) is 0 Å². The molecule has 0 saturated heterocycles. The van der Waals surface area contributed by atoms with Gasteiger partial charge in [-0.05, 0) is 0 Å². The third-order valence-corrected chi connectivity index (χ3v) is 91.8. The minimum Gasteiger partial charge on any atom is -0.127 e. The lowest BCUT2D eigenvalue weighted by Gasteiger charge is -2.01. The summed E-state index contributed by atoms with van der Waals surface area (Å²) >= 11 is 8.03. The summed E-state index contributed by atoms with van der Waals surface area (Å²) in [7, 11) is 0. The van der Waals surface area contributed by atoms with Gasteiger partial charge < -0.3 is 0 Å². The van der Waals surface area contributed by atoms with Crippen LogP contribution in [-0.4, -0.2) is 20.1 Å².